The van der Waals surface area contributed by atoms with Gasteiger partial charge in [0.15, 0.2) is 11.6 Å². The van der Waals surface area contributed by atoms with Gasteiger partial charge in [0.25, 0.3) is 0 Å². The van der Waals surface area contributed by atoms with Gasteiger partial charge in [-0.25, -0.2) is 9.37 Å². The molecule has 2 heterocycles. The van der Waals surface area contributed by atoms with E-state index in [9.17, 15) is 9.50 Å². The van der Waals surface area contributed by atoms with E-state index in [0.717, 1.165) is 23.0 Å². The molecular weight excluding hydrogens is 343 g/mol. The van der Waals surface area contributed by atoms with Crippen LogP contribution in [0.4, 0.5) is 4.39 Å². The molecular formula is C22H25FN2O2. The number of aromatic nitrogens is 2. The van der Waals surface area contributed by atoms with Gasteiger partial charge in [0.2, 0.25) is 0 Å². The maximum Gasteiger partial charge on any atom is 0.174 e. The Bertz CT molecular complexity index is 946. The average Bonchev–Trinajstić information content (AvgIpc) is 3.30. The van der Waals surface area contributed by atoms with Crippen LogP contribution in [0.1, 0.15) is 39.1 Å². The van der Waals surface area contributed by atoms with E-state index < -0.39 is 5.83 Å². The molecule has 4 nitrogen and oxygen atoms in total. The van der Waals surface area contributed by atoms with E-state index in [4.69, 9.17) is 4.42 Å². The highest BCUT2D eigenvalue weighted by Crippen LogP contribution is 2.29. The minimum Gasteiger partial charge on any atom is -0.513 e. The van der Waals surface area contributed by atoms with Gasteiger partial charge in [0.05, 0.1) is 11.5 Å². The summed E-state index contributed by atoms with van der Waals surface area (Å²) in [7, 11) is 0. The van der Waals surface area contributed by atoms with Crippen LogP contribution in [0.3, 0.4) is 0 Å². The molecule has 0 aliphatic heterocycles. The molecule has 3 rings (SSSR count). The Morgan fingerprint density at radius 2 is 1.78 bits per heavy atom. The van der Waals surface area contributed by atoms with Crippen LogP contribution >= 0.6 is 0 Å². The highest BCUT2D eigenvalue weighted by molar-refractivity contribution is 5.68. The number of nitrogens with one attached hydrogen (secondary N) is 1. The molecule has 0 saturated carbocycles. The van der Waals surface area contributed by atoms with Crippen LogP contribution in [-0.4, -0.2) is 15.1 Å². The first-order chi connectivity index (χ1) is 13.0. The number of halogens is 1. The second-order valence-corrected chi connectivity index (χ2v) is 5.85. The van der Waals surface area contributed by atoms with Crippen molar-refractivity contribution in [2.24, 2.45) is 0 Å². The molecule has 0 bridgehead atoms. The quantitative estimate of drug-likeness (QED) is 0.392. The molecule has 2 aromatic heterocycles. The summed E-state index contributed by atoms with van der Waals surface area (Å²) in [6.45, 7) is 8.96. The van der Waals surface area contributed by atoms with Crippen molar-refractivity contribution in [3.63, 3.8) is 0 Å². The van der Waals surface area contributed by atoms with Gasteiger partial charge in [-0.3, -0.25) is 0 Å². The fourth-order valence-corrected chi connectivity index (χ4v) is 2.53. The Morgan fingerprint density at radius 1 is 1.11 bits per heavy atom. The fourth-order valence-electron chi connectivity index (χ4n) is 2.53. The van der Waals surface area contributed by atoms with Gasteiger partial charge >= 0.3 is 0 Å². The first kappa shape index (κ1) is 20.2. The van der Waals surface area contributed by atoms with Gasteiger partial charge in [-0.2, -0.15) is 0 Å². The van der Waals surface area contributed by atoms with Crippen molar-refractivity contribution in [2.45, 2.75) is 34.6 Å². The summed E-state index contributed by atoms with van der Waals surface area (Å²) in [5.74, 6) is 0.862. The lowest BCUT2D eigenvalue weighted by molar-refractivity contribution is 0.411. The summed E-state index contributed by atoms with van der Waals surface area (Å²) in [4.78, 5) is 7.81. The largest absolute Gasteiger partial charge is 0.513 e. The van der Waals surface area contributed by atoms with Crippen LogP contribution in [0.2, 0.25) is 0 Å². The minimum atomic E-state index is -0.540. The predicted octanol–water partition coefficient (Wildman–Crippen LogP) is 6.83. The Morgan fingerprint density at radius 3 is 2.41 bits per heavy atom. The summed E-state index contributed by atoms with van der Waals surface area (Å²) in [5, 5.41) is 9.18. The van der Waals surface area contributed by atoms with Crippen molar-refractivity contribution < 1.29 is 13.9 Å². The Labute approximate surface area is 159 Å². The normalized spacial score (nSPS) is 12.3. The molecule has 142 valence electrons. The number of aliphatic hydroxyl groups excluding tert-OH is 1. The van der Waals surface area contributed by atoms with Gasteiger partial charge in [0.1, 0.15) is 11.6 Å². The first-order valence-corrected chi connectivity index (χ1v) is 8.92. The number of aryl methyl sites for hydroxylation is 1. The molecule has 27 heavy (non-hydrogen) atoms. The third-order valence-electron chi connectivity index (χ3n) is 3.83. The van der Waals surface area contributed by atoms with Crippen molar-refractivity contribution in [2.75, 3.05) is 0 Å². The van der Waals surface area contributed by atoms with Crippen molar-refractivity contribution in [1.29, 1.82) is 0 Å². The SMILES string of the molecule is C/C(=C(F)\C=C(/C)O)c1ccc(-c2nc(-c3ccccc3)c(C)[nH]2)o1.CC. The van der Waals surface area contributed by atoms with Crippen molar-refractivity contribution in [3.05, 3.63) is 71.6 Å². The molecule has 0 amide bonds. The zero-order valence-corrected chi connectivity index (χ0v) is 16.3. The Kier molecular flexibility index (Phi) is 6.77. The third kappa shape index (κ3) is 4.76. The van der Waals surface area contributed by atoms with Crippen molar-refractivity contribution in [3.8, 4) is 22.8 Å². The van der Waals surface area contributed by atoms with E-state index in [1.165, 1.54) is 6.92 Å². The van der Waals surface area contributed by atoms with E-state index in [0.29, 0.717) is 22.9 Å². The lowest BCUT2D eigenvalue weighted by atomic mass is 10.1. The lowest BCUT2D eigenvalue weighted by Crippen LogP contribution is -1.81. The monoisotopic (exact) mass is 368 g/mol. The van der Waals surface area contributed by atoms with Gasteiger partial charge in [-0.1, -0.05) is 44.2 Å². The number of aromatic amines is 1. The molecule has 0 atom stereocenters. The minimum absolute atomic E-state index is 0.0993. The summed E-state index contributed by atoms with van der Waals surface area (Å²) < 4.78 is 19.7. The third-order valence-corrected chi connectivity index (χ3v) is 3.83. The number of nitrogens with zero attached hydrogens (tertiary/aromatic N) is 1. The number of rotatable bonds is 4. The Balaban J connectivity index is 0.00000126. The van der Waals surface area contributed by atoms with Gasteiger partial charge in [-0.15, -0.1) is 0 Å². The fraction of sp³-hybridized carbons (Fsp3) is 0.227. The van der Waals surface area contributed by atoms with E-state index in [1.54, 1.807) is 19.1 Å². The number of imidazole rings is 1. The standard InChI is InChI=1S/C20H19FN2O2.C2H6/c1-12(24)11-16(21)13(2)17-9-10-18(25-17)20-22-14(3)19(23-20)15-7-5-4-6-8-15;1-2/h4-11,24H,1-3H3,(H,22,23);1-2H3/b12-11+,16-13-;. The maximum absolute atomic E-state index is 14.0. The second-order valence-electron chi connectivity index (χ2n) is 5.85. The highest BCUT2D eigenvalue weighted by atomic mass is 19.1. The van der Waals surface area contributed by atoms with Crippen LogP contribution in [0, 0.1) is 6.92 Å². The molecule has 2 N–H and O–H groups in total. The van der Waals surface area contributed by atoms with E-state index in [1.807, 2.05) is 51.1 Å². The summed E-state index contributed by atoms with van der Waals surface area (Å²) in [6, 6.07) is 13.3. The summed E-state index contributed by atoms with van der Waals surface area (Å²) >= 11 is 0. The van der Waals surface area contributed by atoms with Gasteiger partial charge in [-0.05, 0) is 32.9 Å². The van der Waals surface area contributed by atoms with Crippen LogP contribution in [0.5, 0.6) is 0 Å². The zero-order chi connectivity index (χ0) is 20.0. The summed E-state index contributed by atoms with van der Waals surface area (Å²) in [6.07, 6.45) is 1.06. The smallest absolute Gasteiger partial charge is 0.174 e. The number of benzene rings is 1. The Hall–Kier alpha value is -3.08. The molecule has 0 aliphatic rings. The predicted molar refractivity (Wildman–Crippen MR) is 108 cm³/mol. The topological polar surface area (TPSA) is 62.1 Å². The van der Waals surface area contributed by atoms with Gasteiger partial charge < -0.3 is 14.5 Å². The van der Waals surface area contributed by atoms with E-state index in [-0.39, 0.29) is 5.76 Å². The summed E-state index contributed by atoms with van der Waals surface area (Å²) in [5.41, 5.74) is 3.11. The van der Waals surface area contributed by atoms with Crippen molar-refractivity contribution >= 4 is 5.57 Å². The number of hydrogen-bond donors (Lipinski definition) is 2. The van der Waals surface area contributed by atoms with E-state index in [2.05, 4.69) is 9.97 Å². The molecule has 0 fully saturated rings. The van der Waals surface area contributed by atoms with Crippen LogP contribution in [-0.2, 0) is 0 Å². The maximum atomic E-state index is 14.0. The number of allylic oxidation sites excluding steroid dienone is 4. The van der Waals surface area contributed by atoms with Gasteiger partial charge in [0, 0.05) is 22.9 Å². The van der Waals surface area contributed by atoms with Crippen LogP contribution in [0.15, 0.2) is 64.5 Å². The first-order valence-electron chi connectivity index (χ1n) is 8.92. The zero-order valence-electron chi connectivity index (χ0n) is 16.3. The second kappa shape index (κ2) is 9.03. The molecule has 1 aromatic carbocycles. The van der Waals surface area contributed by atoms with Crippen LogP contribution < -0.4 is 0 Å². The number of furan rings is 1. The number of aliphatic hydroxyl groups is 1. The molecule has 0 spiro atoms. The van der Waals surface area contributed by atoms with Crippen LogP contribution in [0.25, 0.3) is 28.4 Å². The van der Waals surface area contributed by atoms with Crippen molar-refractivity contribution in [1.82, 2.24) is 9.97 Å². The molecule has 5 heteroatoms. The molecule has 0 saturated heterocycles. The molecule has 0 aliphatic carbocycles. The number of H-pyrrole nitrogens is 1. The average molecular weight is 368 g/mol. The molecule has 0 radical (unpaired) electrons. The van der Waals surface area contributed by atoms with E-state index >= 15 is 0 Å². The molecule has 3 aromatic rings. The highest BCUT2D eigenvalue weighted by Gasteiger charge is 2.15. The lowest BCUT2D eigenvalue weighted by Gasteiger charge is -1.98. The number of hydrogen-bond acceptors (Lipinski definition) is 3. The molecule has 0 unspecified atom stereocenters.